The topological polar surface area (TPSA) is 243 Å². The number of imidazole rings is 1. The van der Waals surface area contributed by atoms with E-state index < -0.39 is 60.4 Å². The number of amides is 4. The first-order valence-electron chi connectivity index (χ1n) is 9.45. The lowest BCUT2D eigenvalue weighted by molar-refractivity contribution is -0.142. The molecule has 4 unspecified atom stereocenters. The van der Waals surface area contributed by atoms with Crippen molar-refractivity contribution in [2.75, 3.05) is 12.4 Å². The molecular formula is C17H27N7O7S. The average molecular weight is 474 g/mol. The predicted molar refractivity (Wildman–Crippen MR) is 113 cm³/mol. The van der Waals surface area contributed by atoms with Crippen LogP contribution in [0.25, 0.3) is 0 Å². The largest absolute Gasteiger partial charge is 0.480 e. The van der Waals surface area contributed by atoms with E-state index in [0.29, 0.717) is 5.69 Å². The van der Waals surface area contributed by atoms with E-state index in [4.69, 9.17) is 16.6 Å². The molecule has 32 heavy (non-hydrogen) atoms. The summed E-state index contributed by atoms with van der Waals surface area (Å²) in [7, 11) is 0. The Kier molecular flexibility index (Phi) is 11.2. The minimum absolute atomic E-state index is 0.106. The second kappa shape index (κ2) is 13.3. The fourth-order valence-electron chi connectivity index (χ4n) is 2.48. The van der Waals surface area contributed by atoms with Crippen LogP contribution in [-0.2, 0) is 30.4 Å². The number of aliphatic carboxylic acids is 1. The van der Waals surface area contributed by atoms with Gasteiger partial charge in [0.2, 0.25) is 23.6 Å². The maximum atomic E-state index is 12.4. The minimum Gasteiger partial charge on any atom is -0.480 e. The summed E-state index contributed by atoms with van der Waals surface area (Å²) in [6.07, 6.45) is 2.48. The number of carbonyl (C=O) groups is 5. The van der Waals surface area contributed by atoms with Crippen LogP contribution in [0.1, 0.15) is 18.5 Å². The van der Waals surface area contributed by atoms with Crippen molar-refractivity contribution >= 4 is 42.2 Å². The minimum atomic E-state index is -1.42. The molecule has 14 nitrogen and oxygen atoms in total. The quantitative estimate of drug-likeness (QED) is 0.119. The zero-order valence-corrected chi connectivity index (χ0v) is 17.9. The molecule has 178 valence electrons. The van der Waals surface area contributed by atoms with E-state index in [2.05, 4.69) is 38.5 Å². The van der Waals surface area contributed by atoms with Gasteiger partial charge < -0.3 is 42.6 Å². The molecule has 0 aliphatic heterocycles. The maximum absolute atomic E-state index is 12.4. The van der Waals surface area contributed by atoms with Crippen LogP contribution in [0.4, 0.5) is 0 Å². The lowest BCUT2D eigenvalue weighted by Gasteiger charge is -2.23. The van der Waals surface area contributed by atoms with Crippen LogP contribution in [0.5, 0.6) is 0 Å². The third-order valence-corrected chi connectivity index (χ3v) is 4.62. The number of aliphatic hydroxyl groups excluding tert-OH is 1. The van der Waals surface area contributed by atoms with Gasteiger partial charge in [0.25, 0.3) is 0 Å². The molecule has 1 aromatic rings. The van der Waals surface area contributed by atoms with Crippen molar-refractivity contribution in [1.29, 1.82) is 0 Å². The number of nitrogens with zero attached hydrogens (tertiary/aromatic N) is 1. The first-order valence-corrected chi connectivity index (χ1v) is 10.1. The van der Waals surface area contributed by atoms with Gasteiger partial charge in [-0.2, -0.15) is 12.6 Å². The van der Waals surface area contributed by atoms with Crippen LogP contribution in [0.2, 0.25) is 0 Å². The van der Waals surface area contributed by atoms with Crippen molar-refractivity contribution < 1.29 is 34.2 Å². The van der Waals surface area contributed by atoms with E-state index in [1.165, 1.54) is 12.5 Å². The Labute approximate surface area is 188 Å². The smallest absolute Gasteiger partial charge is 0.326 e. The highest BCUT2D eigenvalue weighted by molar-refractivity contribution is 7.80. The van der Waals surface area contributed by atoms with Crippen LogP contribution in [0, 0.1) is 0 Å². The average Bonchev–Trinajstić information content (AvgIpc) is 3.25. The fourth-order valence-corrected chi connectivity index (χ4v) is 2.74. The molecule has 1 aromatic heterocycles. The summed E-state index contributed by atoms with van der Waals surface area (Å²) >= 11 is 3.96. The molecule has 0 fully saturated rings. The highest BCUT2D eigenvalue weighted by atomic mass is 32.1. The number of hydrogen-bond acceptors (Lipinski definition) is 9. The van der Waals surface area contributed by atoms with Gasteiger partial charge in [-0.05, 0) is 6.42 Å². The van der Waals surface area contributed by atoms with Crippen molar-refractivity contribution in [3.05, 3.63) is 18.2 Å². The highest BCUT2D eigenvalue weighted by Crippen LogP contribution is 2.01. The number of nitrogens with one attached hydrogen (secondary N) is 4. The molecule has 0 aromatic carbocycles. The van der Waals surface area contributed by atoms with E-state index in [-0.39, 0.29) is 25.0 Å². The lowest BCUT2D eigenvalue weighted by atomic mass is 10.1. The summed E-state index contributed by atoms with van der Waals surface area (Å²) in [5, 5.41) is 25.4. The number of aromatic amines is 1. The van der Waals surface area contributed by atoms with E-state index >= 15 is 0 Å². The molecular weight excluding hydrogens is 446 g/mol. The maximum Gasteiger partial charge on any atom is 0.326 e. The van der Waals surface area contributed by atoms with Crippen molar-refractivity contribution in [3.63, 3.8) is 0 Å². The number of rotatable bonds is 14. The predicted octanol–water partition coefficient (Wildman–Crippen LogP) is -3.99. The van der Waals surface area contributed by atoms with Gasteiger partial charge in [-0.25, -0.2) is 9.78 Å². The van der Waals surface area contributed by atoms with Crippen LogP contribution >= 0.6 is 12.6 Å². The Morgan fingerprint density at radius 2 is 1.66 bits per heavy atom. The monoisotopic (exact) mass is 473 g/mol. The summed E-state index contributed by atoms with van der Waals surface area (Å²) in [5.74, 6) is -4.87. The van der Waals surface area contributed by atoms with Crippen molar-refractivity contribution in [3.8, 4) is 0 Å². The number of primary amides is 1. The molecule has 0 aliphatic carbocycles. The SMILES string of the molecule is NC(=O)CCC(NC(=O)C(CS)NC(=O)C(CO)NC(=O)C(N)Cc1cnc[nH]1)C(=O)O. The van der Waals surface area contributed by atoms with Crippen molar-refractivity contribution in [2.45, 2.75) is 43.4 Å². The van der Waals surface area contributed by atoms with Gasteiger partial charge >= 0.3 is 5.97 Å². The van der Waals surface area contributed by atoms with Gasteiger partial charge in [0, 0.05) is 30.5 Å². The first-order chi connectivity index (χ1) is 15.1. The molecule has 10 N–H and O–H groups in total. The van der Waals surface area contributed by atoms with Crippen LogP contribution in [-0.4, -0.2) is 86.3 Å². The number of carboxylic acids is 1. The second-order valence-electron chi connectivity index (χ2n) is 6.78. The third-order valence-electron chi connectivity index (χ3n) is 4.26. The zero-order chi connectivity index (χ0) is 24.3. The number of thiol groups is 1. The summed E-state index contributed by atoms with van der Waals surface area (Å²) in [6, 6.07) is -5.16. The van der Waals surface area contributed by atoms with Crippen LogP contribution in [0.3, 0.4) is 0 Å². The molecule has 0 bridgehead atoms. The Bertz CT molecular complexity index is 805. The molecule has 0 saturated heterocycles. The molecule has 0 aliphatic rings. The van der Waals surface area contributed by atoms with Gasteiger partial charge in [-0.1, -0.05) is 0 Å². The molecule has 0 radical (unpaired) electrons. The Hall–Kier alpha value is -3.17. The molecule has 0 saturated carbocycles. The molecule has 4 amide bonds. The summed E-state index contributed by atoms with van der Waals surface area (Å²) in [4.78, 5) is 65.7. The van der Waals surface area contributed by atoms with Crippen molar-refractivity contribution in [1.82, 2.24) is 25.9 Å². The summed E-state index contributed by atoms with van der Waals surface area (Å²) < 4.78 is 0. The highest BCUT2D eigenvalue weighted by Gasteiger charge is 2.29. The standard InChI is InChI=1S/C17H27N7O7S/c18-9(3-8-4-20-7-21-8)14(27)23-11(5-25)15(28)24-12(6-32)16(29)22-10(17(30)31)1-2-13(19)26/h4,7,9-12,25,32H,1-3,5-6,18H2,(H2,19,26)(H,20,21)(H,22,29)(H,23,27)(H,24,28)(H,30,31). The molecule has 1 rings (SSSR count). The molecule has 4 atom stereocenters. The lowest BCUT2D eigenvalue weighted by Crippen LogP contribution is -2.58. The van der Waals surface area contributed by atoms with E-state index in [9.17, 15) is 29.1 Å². The van der Waals surface area contributed by atoms with E-state index in [1.54, 1.807) is 0 Å². The molecule has 15 heteroatoms. The van der Waals surface area contributed by atoms with E-state index in [0.717, 1.165) is 0 Å². The number of hydrogen-bond donors (Lipinski definition) is 9. The normalized spacial score (nSPS) is 14.5. The second-order valence-corrected chi connectivity index (χ2v) is 7.14. The number of carboxylic acid groups (broad SMARTS) is 1. The zero-order valence-electron chi connectivity index (χ0n) is 17.0. The van der Waals surface area contributed by atoms with Gasteiger partial charge in [0.05, 0.1) is 19.0 Å². The van der Waals surface area contributed by atoms with Gasteiger partial charge in [0.1, 0.15) is 18.1 Å². The fraction of sp³-hybridized carbons (Fsp3) is 0.529. The Morgan fingerprint density at radius 1 is 1.06 bits per heavy atom. The van der Waals surface area contributed by atoms with Gasteiger partial charge in [-0.3, -0.25) is 19.2 Å². The van der Waals surface area contributed by atoms with Gasteiger partial charge in [-0.15, -0.1) is 0 Å². The van der Waals surface area contributed by atoms with E-state index in [1.807, 2.05) is 0 Å². The number of aromatic nitrogens is 2. The number of aliphatic hydroxyl groups is 1. The number of H-pyrrole nitrogens is 1. The summed E-state index contributed by atoms with van der Waals surface area (Å²) in [5.41, 5.74) is 11.4. The number of nitrogens with two attached hydrogens (primary N) is 2. The Balaban J connectivity index is 2.68. The first kappa shape index (κ1) is 26.9. The van der Waals surface area contributed by atoms with Gasteiger partial charge in [0.15, 0.2) is 0 Å². The van der Waals surface area contributed by atoms with Crippen LogP contribution in [0.15, 0.2) is 12.5 Å². The molecule has 1 heterocycles. The molecule has 0 spiro atoms. The Morgan fingerprint density at radius 3 is 2.16 bits per heavy atom. The van der Waals surface area contributed by atoms with Crippen LogP contribution < -0.4 is 27.4 Å². The third kappa shape index (κ3) is 8.91. The number of carbonyl (C=O) groups excluding carboxylic acids is 4. The van der Waals surface area contributed by atoms with Crippen molar-refractivity contribution in [2.24, 2.45) is 11.5 Å². The summed E-state index contributed by atoms with van der Waals surface area (Å²) in [6.45, 7) is -0.786.